The summed E-state index contributed by atoms with van der Waals surface area (Å²) in [5.41, 5.74) is 0. The highest BCUT2D eigenvalue weighted by molar-refractivity contribution is 7.13. The second-order valence-electron chi connectivity index (χ2n) is 5.99. The van der Waals surface area contributed by atoms with Crippen LogP contribution in [0.3, 0.4) is 0 Å². The molecule has 24 heavy (non-hydrogen) atoms. The van der Waals surface area contributed by atoms with Crippen molar-refractivity contribution in [2.24, 2.45) is 0 Å². The molecule has 0 spiro atoms. The number of thiophene rings is 2. The van der Waals surface area contributed by atoms with Crippen LogP contribution in [-0.2, 0) is 6.54 Å². The summed E-state index contributed by atoms with van der Waals surface area (Å²) >= 11 is 3.46. The van der Waals surface area contributed by atoms with E-state index in [2.05, 4.69) is 44.4 Å². The molecule has 4 heterocycles. The first kappa shape index (κ1) is 16.0. The third kappa shape index (κ3) is 3.44. The second-order valence-corrected chi connectivity index (χ2v) is 7.97. The van der Waals surface area contributed by atoms with Gasteiger partial charge in [0.15, 0.2) is 0 Å². The van der Waals surface area contributed by atoms with Crippen molar-refractivity contribution in [1.82, 2.24) is 20.0 Å². The van der Waals surface area contributed by atoms with Gasteiger partial charge in [-0.25, -0.2) is 0 Å². The van der Waals surface area contributed by atoms with Gasteiger partial charge in [-0.2, -0.15) is 0 Å². The van der Waals surface area contributed by atoms with Gasteiger partial charge in [0.25, 0.3) is 5.89 Å². The highest BCUT2D eigenvalue weighted by Crippen LogP contribution is 2.27. The van der Waals surface area contributed by atoms with Gasteiger partial charge < -0.3 is 4.42 Å². The van der Waals surface area contributed by atoms with E-state index in [0.717, 1.165) is 37.6 Å². The molecule has 1 aliphatic rings. The predicted molar refractivity (Wildman–Crippen MR) is 97.2 cm³/mol. The number of rotatable bonds is 5. The molecule has 1 fully saturated rings. The van der Waals surface area contributed by atoms with E-state index < -0.39 is 0 Å². The maximum Gasteiger partial charge on any atom is 0.257 e. The van der Waals surface area contributed by atoms with Crippen molar-refractivity contribution in [3.63, 3.8) is 0 Å². The van der Waals surface area contributed by atoms with Crippen molar-refractivity contribution in [3.8, 4) is 10.8 Å². The van der Waals surface area contributed by atoms with E-state index in [1.165, 1.54) is 4.88 Å². The van der Waals surface area contributed by atoms with Gasteiger partial charge in [-0.15, -0.1) is 32.9 Å². The standard InChI is InChI=1S/C17H20N4OS2/c1-13(16-18-19-17(22-16)15-5-3-11-24-15)21-8-6-20(7-9-21)12-14-4-2-10-23-14/h2-5,10-11,13H,6-9,12H2,1H3/t13-/m1/s1. The molecule has 1 atom stereocenters. The Kier molecular flexibility index (Phi) is 4.75. The third-order valence-electron chi connectivity index (χ3n) is 4.44. The first-order valence-corrected chi connectivity index (χ1v) is 9.91. The van der Waals surface area contributed by atoms with Gasteiger partial charge in [-0.05, 0) is 29.8 Å². The normalized spacial score (nSPS) is 18.0. The SMILES string of the molecule is C[C@H](c1nnc(-c2cccs2)o1)N1CCN(Cc2cccs2)CC1. The summed E-state index contributed by atoms with van der Waals surface area (Å²) in [6.45, 7) is 7.43. The average Bonchev–Trinajstić information content (AvgIpc) is 3.36. The Morgan fingerprint density at radius 3 is 2.58 bits per heavy atom. The fraction of sp³-hybridized carbons (Fsp3) is 0.412. The molecule has 0 radical (unpaired) electrons. The maximum absolute atomic E-state index is 5.89. The lowest BCUT2D eigenvalue weighted by molar-refractivity contribution is 0.0882. The summed E-state index contributed by atoms with van der Waals surface area (Å²) in [5.74, 6) is 1.34. The highest BCUT2D eigenvalue weighted by atomic mass is 32.1. The van der Waals surface area contributed by atoms with Crippen LogP contribution in [-0.4, -0.2) is 46.2 Å². The largest absolute Gasteiger partial charge is 0.418 e. The zero-order valence-corrected chi connectivity index (χ0v) is 15.2. The van der Waals surface area contributed by atoms with Crippen molar-refractivity contribution in [3.05, 3.63) is 45.8 Å². The minimum Gasteiger partial charge on any atom is -0.418 e. The van der Waals surface area contributed by atoms with Gasteiger partial charge in [0.2, 0.25) is 5.89 Å². The molecule has 0 aliphatic carbocycles. The van der Waals surface area contributed by atoms with Gasteiger partial charge in [-0.1, -0.05) is 12.1 Å². The Morgan fingerprint density at radius 2 is 1.88 bits per heavy atom. The number of piperazine rings is 1. The minimum absolute atomic E-state index is 0.162. The molecule has 0 saturated carbocycles. The zero-order valence-electron chi connectivity index (χ0n) is 13.6. The van der Waals surface area contributed by atoms with Crippen LogP contribution in [0, 0.1) is 0 Å². The van der Waals surface area contributed by atoms with E-state index in [0.29, 0.717) is 11.8 Å². The topological polar surface area (TPSA) is 45.4 Å². The summed E-state index contributed by atoms with van der Waals surface area (Å²) in [6.07, 6.45) is 0. The predicted octanol–water partition coefficient (Wildman–Crippen LogP) is 3.74. The number of nitrogens with zero attached hydrogens (tertiary/aromatic N) is 4. The monoisotopic (exact) mass is 360 g/mol. The molecule has 4 rings (SSSR count). The zero-order chi connectivity index (χ0) is 16.4. The van der Waals surface area contributed by atoms with E-state index in [1.807, 2.05) is 28.8 Å². The summed E-state index contributed by atoms with van der Waals surface area (Å²) < 4.78 is 5.89. The Hall–Kier alpha value is -1.54. The van der Waals surface area contributed by atoms with Gasteiger partial charge in [0.1, 0.15) is 0 Å². The first-order valence-electron chi connectivity index (χ1n) is 8.15. The fourth-order valence-corrected chi connectivity index (χ4v) is 4.38. The van der Waals surface area contributed by atoms with E-state index in [-0.39, 0.29) is 6.04 Å². The van der Waals surface area contributed by atoms with E-state index in [4.69, 9.17) is 4.42 Å². The summed E-state index contributed by atoms with van der Waals surface area (Å²) in [4.78, 5) is 7.41. The van der Waals surface area contributed by atoms with E-state index in [9.17, 15) is 0 Å². The average molecular weight is 361 g/mol. The van der Waals surface area contributed by atoms with Crippen molar-refractivity contribution >= 4 is 22.7 Å². The minimum atomic E-state index is 0.162. The Bertz CT molecular complexity index is 746. The van der Waals surface area contributed by atoms with Crippen LogP contribution >= 0.6 is 22.7 Å². The van der Waals surface area contributed by atoms with Gasteiger partial charge in [-0.3, -0.25) is 9.80 Å². The lowest BCUT2D eigenvalue weighted by Gasteiger charge is -2.36. The molecular weight excluding hydrogens is 340 g/mol. The molecule has 0 bridgehead atoms. The van der Waals surface area contributed by atoms with Crippen LogP contribution in [0.5, 0.6) is 0 Å². The van der Waals surface area contributed by atoms with Crippen LogP contribution in [0.15, 0.2) is 39.4 Å². The molecule has 3 aromatic heterocycles. The van der Waals surface area contributed by atoms with Crippen molar-refractivity contribution in [1.29, 1.82) is 0 Å². The first-order chi connectivity index (χ1) is 11.8. The third-order valence-corrected chi connectivity index (χ3v) is 6.16. The summed E-state index contributed by atoms with van der Waals surface area (Å²) in [6, 6.07) is 8.51. The molecule has 5 nitrogen and oxygen atoms in total. The fourth-order valence-electron chi connectivity index (χ4n) is 2.99. The Morgan fingerprint density at radius 1 is 1.08 bits per heavy atom. The van der Waals surface area contributed by atoms with Crippen molar-refractivity contribution in [2.75, 3.05) is 26.2 Å². The van der Waals surface area contributed by atoms with Crippen LogP contribution in [0.25, 0.3) is 10.8 Å². The van der Waals surface area contributed by atoms with Crippen LogP contribution in [0.4, 0.5) is 0 Å². The molecule has 7 heteroatoms. The molecule has 0 unspecified atom stereocenters. The molecule has 1 saturated heterocycles. The van der Waals surface area contributed by atoms with Crippen LogP contribution < -0.4 is 0 Å². The highest BCUT2D eigenvalue weighted by Gasteiger charge is 2.26. The summed E-state index contributed by atoms with van der Waals surface area (Å²) in [5, 5.41) is 12.6. The number of hydrogen-bond donors (Lipinski definition) is 0. The van der Waals surface area contributed by atoms with Crippen LogP contribution in [0.2, 0.25) is 0 Å². The number of hydrogen-bond acceptors (Lipinski definition) is 7. The lowest BCUT2D eigenvalue weighted by Crippen LogP contribution is -2.46. The molecule has 3 aromatic rings. The molecule has 0 amide bonds. The molecular formula is C17H20N4OS2. The quantitative estimate of drug-likeness (QED) is 0.694. The number of aromatic nitrogens is 2. The second kappa shape index (κ2) is 7.14. The molecule has 1 aliphatic heterocycles. The van der Waals surface area contributed by atoms with Crippen LogP contribution in [0.1, 0.15) is 23.7 Å². The van der Waals surface area contributed by atoms with E-state index in [1.54, 1.807) is 11.3 Å². The maximum atomic E-state index is 5.89. The molecule has 0 N–H and O–H groups in total. The van der Waals surface area contributed by atoms with Gasteiger partial charge in [0.05, 0.1) is 10.9 Å². The Balaban J connectivity index is 1.35. The van der Waals surface area contributed by atoms with Gasteiger partial charge in [0, 0.05) is 37.6 Å². The molecule has 126 valence electrons. The molecule has 0 aromatic carbocycles. The van der Waals surface area contributed by atoms with Crippen molar-refractivity contribution < 1.29 is 4.42 Å². The van der Waals surface area contributed by atoms with Crippen molar-refractivity contribution in [2.45, 2.75) is 19.5 Å². The van der Waals surface area contributed by atoms with E-state index >= 15 is 0 Å². The summed E-state index contributed by atoms with van der Waals surface area (Å²) in [7, 11) is 0. The Labute approximate surface area is 149 Å². The van der Waals surface area contributed by atoms with Gasteiger partial charge >= 0.3 is 0 Å². The smallest absolute Gasteiger partial charge is 0.257 e. The lowest BCUT2D eigenvalue weighted by atomic mass is 10.2.